The standard InChI is InChI=1S/C15H29N3O/c1-4-17-11-8-12-6-5-7-13(9-11)18(12)14(10(2)3)15(16)19/h10-14,17H,4-9H2,1-3H3,(H2,16,19). The number of piperidine rings is 2. The fourth-order valence-corrected chi connectivity index (χ4v) is 4.15. The molecule has 0 aromatic rings. The van der Waals surface area contributed by atoms with E-state index in [2.05, 4.69) is 31.0 Å². The van der Waals surface area contributed by atoms with Crippen molar-refractivity contribution in [3.8, 4) is 0 Å². The Balaban J connectivity index is 2.15. The van der Waals surface area contributed by atoms with Crippen LogP contribution < -0.4 is 11.1 Å². The maximum absolute atomic E-state index is 11.8. The zero-order chi connectivity index (χ0) is 14.0. The van der Waals surface area contributed by atoms with Crippen molar-refractivity contribution < 1.29 is 4.79 Å². The first kappa shape index (κ1) is 14.8. The molecule has 0 saturated carbocycles. The molecule has 2 bridgehead atoms. The Hall–Kier alpha value is -0.610. The van der Waals surface area contributed by atoms with Crippen LogP contribution in [0.5, 0.6) is 0 Å². The number of nitrogens with one attached hydrogen (secondary N) is 1. The van der Waals surface area contributed by atoms with Crippen LogP contribution >= 0.6 is 0 Å². The number of hydrogen-bond donors (Lipinski definition) is 2. The average molecular weight is 267 g/mol. The number of carbonyl (C=O) groups excluding carboxylic acids is 1. The summed E-state index contributed by atoms with van der Waals surface area (Å²) < 4.78 is 0. The molecule has 2 aliphatic rings. The van der Waals surface area contributed by atoms with E-state index < -0.39 is 0 Å². The van der Waals surface area contributed by atoms with Gasteiger partial charge in [0.2, 0.25) is 5.91 Å². The Kier molecular flexibility index (Phi) is 4.85. The van der Waals surface area contributed by atoms with Crippen molar-refractivity contribution in [3.05, 3.63) is 0 Å². The predicted molar refractivity (Wildman–Crippen MR) is 77.8 cm³/mol. The molecule has 2 rings (SSSR count). The summed E-state index contributed by atoms with van der Waals surface area (Å²) in [6, 6.07) is 1.61. The van der Waals surface area contributed by atoms with Crippen LogP contribution in [0.1, 0.15) is 52.9 Å². The van der Waals surface area contributed by atoms with Crippen LogP contribution in [0.15, 0.2) is 0 Å². The lowest BCUT2D eigenvalue weighted by molar-refractivity contribution is -0.131. The number of fused-ring (bicyclic) bond motifs is 2. The molecule has 0 aliphatic carbocycles. The van der Waals surface area contributed by atoms with Gasteiger partial charge >= 0.3 is 0 Å². The summed E-state index contributed by atoms with van der Waals surface area (Å²) in [5.41, 5.74) is 5.67. The summed E-state index contributed by atoms with van der Waals surface area (Å²) in [5.74, 6) is 0.157. The number of amides is 1. The van der Waals surface area contributed by atoms with Gasteiger partial charge in [-0.2, -0.15) is 0 Å². The van der Waals surface area contributed by atoms with Crippen molar-refractivity contribution in [1.29, 1.82) is 0 Å². The van der Waals surface area contributed by atoms with Gasteiger partial charge in [-0.25, -0.2) is 0 Å². The van der Waals surface area contributed by atoms with E-state index in [9.17, 15) is 4.79 Å². The van der Waals surface area contributed by atoms with Gasteiger partial charge in [-0.1, -0.05) is 27.2 Å². The molecule has 2 heterocycles. The first-order chi connectivity index (χ1) is 9.04. The molecule has 0 radical (unpaired) electrons. The third-order valence-corrected chi connectivity index (χ3v) is 4.77. The minimum Gasteiger partial charge on any atom is -0.368 e. The van der Waals surface area contributed by atoms with Crippen molar-refractivity contribution in [1.82, 2.24) is 10.2 Å². The molecular formula is C15H29N3O. The number of carbonyl (C=O) groups is 1. The molecule has 0 spiro atoms. The third-order valence-electron chi connectivity index (χ3n) is 4.77. The maximum atomic E-state index is 11.8. The first-order valence-electron chi connectivity index (χ1n) is 7.84. The summed E-state index contributed by atoms with van der Waals surface area (Å²) in [7, 11) is 0. The second-order valence-corrected chi connectivity index (χ2v) is 6.50. The van der Waals surface area contributed by atoms with E-state index in [0.717, 1.165) is 6.54 Å². The van der Waals surface area contributed by atoms with Crippen LogP contribution in [-0.4, -0.2) is 41.5 Å². The minimum atomic E-state index is -0.145. The molecule has 2 aliphatic heterocycles. The zero-order valence-corrected chi connectivity index (χ0v) is 12.6. The lowest BCUT2D eigenvalue weighted by atomic mass is 9.79. The highest BCUT2D eigenvalue weighted by molar-refractivity contribution is 5.80. The first-order valence-corrected chi connectivity index (χ1v) is 7.84. The predicted octanol–water partition coefficient (Wildman–Crippen LogP) is 1.49. The Bertz CT molecular complexity index is 305. The van der Waals surface area contributed by atoms with Crippen molar-refractivity contribution in [2.75, 3.05) is 6.54 Å². The van der Waals surface area contributed by atoms with E-state index in [4.69, 9.17) is 5.73 Å². The van der Waals surface area contributed by atoms with Gasteiger partial charge in [0.1, 0.15) is 0 Å². The Morgan fingerprint density at radius 2 is 1.89 bits per heavy atom. The highest BCUT2D eigenvalue weighted by Crippen LogP contribution is 2.37. The van der Waals surface area contributed by atoms with Crippen LogP contribution in [0.4, 0.5) is 0 Å². The molecule has 3 atom stereocenters. The number of primary amides is 1. The summed E-state index contributed by atoms with van der Waals surface area (Å²) >= 11 is 0. The molecule has 0 aromatic heterocycles. The van der Waals surface area contributed by atoms with E-state index in [-0.39, 0.29) is 11.9 Å². The largest absolute Gasteiger partial charge is 0.368 e. The highest BCUT2D eigenvalue weighted by atomic mass is 16.1. The molecule has 2 saturated heterocycles. The van der Waals surface area contributed by atoms with Gasteiger partial charge in [-0.3, -0.25) is 9.69 Å². The molecule has 110 valence electrons. The van der Waals surface area contributed by atoms with Gasteiger partial charge in [-0.15, -0.1) is 0 Å². The van der Waals surface area contributed by atoms with Gasteiger partial charge in [-0.05, 0) is 38.1 Å². The monoisotopic (exact) mass is 267 g/mol. The number of rotatable bonds is 5. The maximum Gasteiger partial charge on any atom is 0.235 e. The molecule has 3 N–H and O–H groups in total. The second kappa shape index (κ2) is 6.23. The fourth-order valence-electron chi connectivity index (χ4n) is 4.15. The summed E-state index contributed by atoms with van der Waals surface area (Å²) in [6.45, 7) is 7.43. The van der Waals surface area contributed by atoms with Crippen LogP contribution in [0.3, 0.4) is 0 Å². The molecule has 4 nitrogen and oxygen atoms in total. The summed E-state index contributed by atoms with van der Waals surface area (Å²) in [6.07, 6.45) is 6.07. The lowest BCUT2D eigenvalue weighted by Gasteiger charge is -2.52. The summed E-state index contributed by atoms with van der Waals surface area (Å²) in [5, 5.41) is 3.59. The molecular weight excluding hydrogens is 238 g/mol. The number of nitrogens with two attached hydrogens (primary N) is 1. The topological polar surface area (TPSA) is 58.4 Å². The molecule has 19 heavy (non-hydrogen) atoms. The number of nitrogens with zero attached hydrogens (tertiary/aromatic N) is 1. The molecule has 0 aromatic carbocycles. The van der Waals surface area contributed by atoms with E-state index in [0.29, 0.717) is 24.0 Å². The second-order valence-electron chi connectivity index (χ2n) is 6.50. The van der Waals surface area contributed by atoms with Crippen molar-refractivity contribution >= 4 is 5.91 Å². The highest BCUT2D eigenvalue weighted by Gasteiger charge is 2.43. The van der Waals surface area contributed by atoms with Crippen molar-refractivity contribution in [2.24, 2.45) is 11.7 Å². The van der Waals surface area contributed by atoms with Crippen LogP contribution in [-0.2, 0) is 4.79 Å². The van der Waals surface area contributed by atoms with Gasteiger partial charge in [0, 0.05) is 18.1 Å². The van der Waals surface area contributed by atoms with Crippen LogP contribution in [0.25, 0.3) is 0 Å². The van der Waals surface area contributed by atoms with E-state index in [1.165, 1.54) is 32.1 Å². The third kappa shape index (κ3) is 3.11. The minimum absolute atomic E-state index is 0.0853. The Morgan fingerprint density at radius 3 is 2.32 bits per heavy atom. The molecule has 1 amide bonds. The zero-order valence-electron chi connectivity index (χ0n) is 12.6. The summed E-state index contributed by atoms with van der Waals surface area (Å²) in [4.78, 5) is 14.3. The average Bonchev–Trinajstić information content (AvgIpc) is 2.29. The lowest BCUT2D eigenvalue weighted by Crippen LogP contribution is -2.63. The quantitative estimate of drug-likeness (QED) is 0.793. The van der Waals surface area contributed by atoms with Gasteiger partial charge in [0.25, 0.3) is 0 Å². The van der Waals surface area contributed by atoms with E-state index >= 15 is 0 Å². The number of hydrogen-bond acceptors (Lipinski definition) is 3. The van der Waals surface area contributed by atoms with E-state index in [1.54, 1.807) is 0 Å². The van der Waals surface area contributed by atoms with Crippen LogP contribution in [0, 0.1) is 5.92 Å². The fraction of sp³-hybridized carbons (Fsp3) is 0.933. The molecule has 4 heteroatoms. The smallest absolute Gasteiger partial charge is 0.235 e. The SMILES string of the molecule is CCNC1CC2CCCC(C1)N2C(C(N)=O)C(C)C. The van der Waals surface area contributed by atoms with Crippen molar-refractivity contribution in [3.63, 3.8) is 0 Å². The Morgan fingerprint density at radius 1 is 1.32 bits per heavy atom. The molecule has 2 fully saturated rings. The normalized spacial score (nSPS) is 33.4. The van der Waals surface area contributed by atoms with Gasteiger partial charge < -0.3 is 11.1 Å². The van der Waals surface area contributed by atoms with E-state index in [1.807, 2.05) is 0 Å². The Labute approximate surface area is 117 Å². The van der Waals surface area contributed by atoms with Gasteiger partial charge in [0.05, 0.1) is 6.04 Å². The van der Waals surface area contributed by atoms with Crippen LogP contribution in [0.2, 0.25) is 0 Å². The van der Waals surface area contributed by atoms with Gasteiger partial charge in [0.15, 0.2) is 0 Å². The molecule has 3 unspecified atom stereocenters. The van der Waals surface area contributed by atoms with Crippen molar-refractivity contribution in [2.45, 2.75) is 77.0 Å².